The number of benzene rings is 1. The summed E-state index contributed by atoms with van der Waals surface area (Å²) in [5, 5.41) is 1.31. The number of hydrogen-bond acceptors (Lipinski definition) is 2. The lowest BCUT2D eigenvalue weighted by atomic mass is 10.1. The molecule has 0 fully saturated rings. The van der Waals surface area contributed by atoms with Gasteiger partial charge < -0.3 is 9.30 Å². The first-order valence-electron chi connectivity index (χ1n) is 4.99. The lowest BCUT2D eigenvalue weighted by Crippen LogP contribution is -2.20. The fourth-order valence-electron chi connectivity index (χ4n) is 1.81. The monoisotopic (exact) mass is 315 g/mol. The molecular weight excluding hydrogens is 305 g/mol. The molecule has 2 rings (SSSR count). The molecule has 0 atom stereocenters. The van der Waals surface area contributed by atoms with E-state index in [2.05, 4.69) is 15.9 Å². The van der Waals surface area contributed by atoms with E-state index in [-0.39, 0.29) is 5.56 Å². The van der Waals surface area contributed by atoms with E-state index in [0.29, 0.717) is 16.3 Å². The number of ether oxygens (including phenoxy) is 1. The van der Waals surface area contributed by atoms with Crippen LogP contribution in [0.5, 0.6) is 5.75 Å². The molecule has 0 spiro atoms. The lowest BCUT2D eigenvalue weighted by molar-refractivity contribution is 0.415. The number of methoxy groups -OCH3 is 1. The smallest absolute Gasteiger partial charge is 0.255 e. The largest absolute Gasteiger partial charge is 0.497 e. The molecule has 0 radical (unpaired) electrons. The Morgan fingerprint density at radius 2 is 2.06 bits per heavy atom. The second-order valence-electron chi connectivity index (χ2n) is 3.81. The van der Waals surface area contributed by atoms with Crippen molar-refractivity contribution >= 4 is 38.4 Å². The number of pyridine rings is 1. The minimum Gasteiger partial charge on any atom is -0.497 e. The van der Waals surface area contributed by atoms with E-state index >= 15 is 0 Å². The summed E-state index contributed by atoms with van der Waals surface area (Å²) in [7, 11) is 3.31. The van der Waals surface area contributed by atoms with Gasteiger partial charge >= 0.3 is 0 Å². The third-order valence-electron chi connectivity index (χ3n) is 2.81. The van der Waals surface area contributed by atoms with Crippen LogP contribution in [-0.4, -0.2) is 11.7 Å². The van der Waals surface area contributed by atoms with E-state index in [4.69, 9.17) is 16.3 Å². The van der Waals surface area contributed by atoms with Crippen molar-refractivity contribution in [2.24, 2.45) is 7.05 Å². The zero-order valence-electron chi connectivity index (χ0n) is 9.67. The summed E-state index contributed by atoms with van der Waals surface area (Å²) in [5.41, 5.74) is 1.20. The maximum absolute atomic E-state index is 11.9. The highest BCUT2D eigenvalue weighted by molar-refractivity contribution is 9.10. The van der Waals surface area contributed by atoms with Crippen molar-refractivity contribution in [2.75, 3.05) is 7.11 Å². The number of fused-ring (bicyclic) bond motifs is 1. The number of nitrogens with zero attached hydrogens (tertiary/aromatic N) is 1. The number of halogens is 2. The first kappa shape index (κ1) is 12.5. The molecule has 0 unspecified atom stereocenters. The van der Waals surface area contributed by atoms with Crippen LogP contribution in [0.3, 0.4) is 0 Å². The predicted molar refractivity (Wildman–Crippen MR) is 73.2 cm³/mol. The highest BCUT2D eigenvalue weighted by Gasteiger charge is 2.14. The van der Waals surface area contributed by atoms with Gasteiger partial charge in [-0.2, -0.15) is 0 Å². The van der Waals surface area contributed by atoms with Gasteiger partial charge in [0.05, 0.1) is 17.6 Å². The van der Waals surface area contributed by atoms with Crippen LogP contribution in [0.1, 0.15) is 5.56 Å². The second-order valence-corrected chi connectivity index (χ2v) is 5.04. The zero-order valence-corrected chi connectivity index (χ0v) is 12.0. The minimum absolute atomic E-state index is 0.0948. The fraction of sp³-hybridized carbons (Fsp3) is 0.250. The summed E-state index contributed by atoms with van der Waals surface area (Å²) < 4.78 is 7.57. The summed E-state index contributed by atoms with van der Waals surface area (Å²) in [6.07, 6.45) is 0. The third kappa shape index (κ3) is 1.85. The van der Waals surface area contributed by atoms with Crippen molar-refractivity contribution in [3.63, 3.8) is 0 Å². The fourth-order valence-corrected chi connectivity index (χ4v) is 2.83. The van der Waals surface area contributed by atoms with Crippen molar-refractivity contribution in [1.82, 2.24) is 4.57 Å². The maximum atomic E-state index is 11.9. The Morgan fingerprint density at radius 3 is 2.65 bits per heavy atom. The first-order chi connectivity index (χ1) is 7.97. The standard InChI is InChI=1S/C12H11BrClNO2/c1-6-11(14)10-8(13)4-7(17-3)5-9(10)15(2)12(6)16/h4-5H,1-3H3. The summed E-state index contributed by atoms with van der Waals surface area (Å²) in [6.45, 7) is 1.72. The van der Waals surface area contributed by atoms with Gasteiger partial charge in [-0.25, -0.2) is 0 Å². The molecule has 0 aliphatic heterocycles. The van der Waals surface area contributed by atoms with Crippen molar-refractivity contribution < 1.29 is 4.74 Å². The molecule has 0 N–H and O–H groups in total. The van der Waals surface area contributed by atoms with Gasteiger partial charge in [0.1, 0.15) is 5.75 Å². The number of aromatic nitrogens is 1. The van der Waals surface area contributed by atoms with Gasteiger partial charge in [-0.1, -0.05) is 11.6 Å². The SMILES string of the molecule is COc1cc(Br)c2c(Cl)c(C)c(=O)n(C)c2c1. The summed E-state index contributed by atoms with van der Waals surface area (Å²) >= 11 is 9.67. The predicted octanol–water partition coefficient (Wildman–Crippen LogP) is 3.27. The van der Waals surface area contributed by atoms with E-state index in [1.54, 1.807) is 31.7 Å². The van der Waals surface area contributed by atoms with E-state index in [0.717, 1.165) is 15.4 Å². The highest BCUT2D eigenvalue weighted by Crippen LogP contribution is 2.34. The molecule has 0 amide bonds. The average Bonchev–Trinajstić information content (AvgIpc) is 2.32. The van der Waals surface area contributed by atoms with Crippen molar-refractivity contribution in [3.8, 4) is 5.75 Å². The molecule has 1 aromatic carbocycles. The van der Waals surface area contributed by atoms with E-state index in [1.165, 1.54) is 0 Å². The average molecular weight is 317 g/mol. The Bertz CT molecular complexity index is 664. The molecule has 1 aromatic heterocycles. The minimum atomic E-state index is -0.0948. The molecular formula is C12H11BrClNO2. The van der Waals surface area contributed by atoms with E-state index < -0.39 is 0 Å². The van der Waals surface area contributed by atoms with Crippen molar-refractivity contribution in [1.29, 1.82) is 0 Å². The van der Waals surface area contributed by atoms with Crippen LogP contribution in [0.4, 0.5) is 0 Å². The Hall–Kier alpha value is -1.00. The molecule has 0 saturated carbocycles. The topological polar surface area (TPSA) is 31.2 Å². The molecule has 90 valence electrons. The van der Waals surface area contributed by atoms with Gasteiger partial charge in [-0.05, 0) is 28.9 Å². The van der Waals surface area contributed by atoms with Crippen molar-refractivity contribution in [2.45, 2.75) is 6.92 Å². The second kappa shape index (κ2) is 4.35. The summed E-state index contributed by atoms with van der Waals surface area (Å²) in [4.78, 5) is 11.9. The number of aryl methyl sites for hydroxylation is 1. The first-order valence-corrected chi connectivity index (χ1v) is 6.16. The Labute approximate surface area is 112 Å². The van der Waals surface area contributed by atoms with Gasteiger partial charge in [0.2, 0.25) is 0 Å². The van der Waals surface area contributed by atoms with Crippen LogP contribution in [-0.2, 0) is 7.05 Å². The van der Waals surface area contributed by atoms with E-state index in [1.807, 2.05) is 6.07 Å². The summed E-state index contributed by atoms with van der Waals surface area (Å²) in [6, 6.07) is 3.63. The zero-order chi connectivity index (χ0) is 12.7. The van der Waals surface area contributed by atoms with Crippen LogP contribution in [0.25, 0.3) is 10.9 Å². The quantitative estimate of drug-likeness (QED) is 0.808. The molecule has 17 heavy (non-hydrogen) atoms. The molecule has 0 saturated heterocycles. The number of rotatable bonds is 1. The summed E-state index contributed by atoms with van der Waals surface area (Å²) in [5.74, 6) is 0.680. The molecule has 2 aromatic rings. The Kier molecular flexibility index (Phi) is 3.19. The van der Waals surface area contributed by atoms with Crippen LogP contribution in [0, 0.1) is 6.92 Å². The molecule has 3 nitrogen and oxygen atoms in total. The highest BCUT2D eigenvalue weighted by atomic mass is 79.9. The maximum Gasteiger partial charge on any atom is 0.255 e. The molecule has 5 heteroatoms. The molecule has 0 aliphatic rings. The Morgan fingerprint density at radius 1 is 1.41 bits per heavy atom. The van der Waals surface area contributed by atoms with Crippen LogP contribution < -0.4 is 10.3 Å². The normalized spacial score (nSPS) is 10.9. The lowest BCUT2D eigenvalue weighted by Gasteiger charge is -2.12. The van der Waals surface area contributed by atoms with Gasteiger partial charge in [0.15, 0.2) is 0 Å². The van der Waals surface area contributed by atoms with Crippen LogP contribution in [0.15, 0.2) is 21.4 Å². The molecule has 0 bridgehead atoms. The van der Waals surface area contributed by atoms with Crippen LogP contribution in [0.2, 0.25) is 5.02 Å². The Balaban J connectivity index is 3.06. The van der Waals surface area contributed by atoms with Gasteiger partial charge in [0.25, 0.3) is 5.56 Å². The van der Waals surface area contributed by atoms with Gasteiger partial charge in [-0.3, -0.25) is 4.79 Å². The number of hydrogen-bond donors (Lipinski definition) is 0. The van der Waals surface area contributed by atoms with Gasteiger partial charge in [0, 0.05) is 28.5 Å². The van der Waals surface area contributed by atoms with Gasteiger partial charge in [-0.15, -0.1) is 0 Å². The van der Waals surface area contributed by atoms with Crippen LogP contribution >= 0.6 is 27.5 Å². The molecule has 0 aliphatic carbocycles. The molecule has 1 heterocycles. The third-order valence-corrected chi connectivity index (χ3v) is 3.91. The van der Waals surface area contributed by atoms with E-state index in [9.17, 15) is 4.79 Å². The van der Waals surface area contributed by atoms with Crippen molar-refractivity contribution in [3.05, 3.63) is 37.5 Å².